The number of aromatic nitrogens is 1. The fourth-order valence-corrected chi connectivity index (χ4v) is 5.84. The number of carboxylic acids is 1. The summed E-state index contributed by atoms with van der Waals surface area (Å²) in [6.45, 7) is 0. The summed E-state index contributed by atoms with van der Waals surface area (Å²) in [5.41, 5.74) is 9.71. The maximum absolute atomic E-state index is 13.0. The minimum Gasteiger partial charge on any atom is -0.494 e. The lowest BCUT2D eigenvalue weighted by Gasteiger charge is -2.17. The van der Waals surface area contributed by atoms with Crippen molar-refractivity contribution in [1.29, 1.82) is 0 Å². The Balaban J connectivity index is 1.61. The molecule has 0 radical (unpaired) electrons. The Morgan fingerprint density at radius 1 is 1.25 bits per heavy atom. The predicted octanol–water partition coefficient (Wildman–Crippen LogP) is 2.80. The first-order valence-corrected chi connectivity index (χ1v) is 12.4. The Morgan fingerprint density at radius 2 is 2.03 bits per heavy atom. The lowest BCUT2D eigenvalue weighted by atomic mass is 9.96. The molecule has 1 fully saturated rings. The first-order valence-electron chi connectivity index (χ1n) is 11.5. The van der Waals surface area contributed by atoms with Crippen molar-refractivity contribution in [1.82, 2.24) is 9.99 Å². The van der Waals surface area contributed by atoms with E-state index in [0.717, 1.165) is 52.3 Å². The highest BCUT2D eigenvalue weighted by molar-refractivity contribution is 7.16. The zero-order valence-electron chi connectivity index (χ0n) is 19.5. The number of nitrogens with one attached hydrogen (secondary N) is 1. The summed E-state index contributed by atoms with van der Waals surface area (Å²) in [5, 5.41) is 14.1. The Hall–Kier alpha value is -3.99. The van der Waals surface area contributed by atoms with Gasteiger partial charge in [-0.1, -0.05) is 0 Å². The van der Waals surface area contributed by atoms with Crippen molar-refractivity contribution in [2.75, 3.05) is 7.11 Å². The number of methoxy groups -OCH3 is 1. The van der Waals surface area contributed by atoms with Gasteiger partial charge in [-0.15, -0.1) is 11.3 Å². The molecule has 10 nitrogen and oxygen atoms in total. The lowest BCUT2D eigenvalue weighted by molar-refractivity contribution is -0.127. The number of hydrogen-bond donors (Lipinski definition) is 3. The van der Waals surface area contributed by atoms with E-state index in [4.69, 9.17) is 10.5 Å². The number of nitrogens with zero attached hydrogens (tertiary/aromatic N) is 2. The first kappa shape index (κ1) is 23.7. The molecule has 2 aliphatic carbocycles. The van der Waals surface area contributed by atoms with Crippen molar-refractivity contribution in [3.05, 3.63) is 50.6 Å². The molecule has 1 saturated carbocycles. The molecule has 2 aromatic heterocycles. The summed E-state index contributed by atoms with van der Waals surface area (Å²) in [6.07, 6.45) is 5.20. The van der Waals surface area contributed by atoms with E-state index in [-0.39, 0.29) is 11.6 Å². The van der Waals surface area contributed by atoms with E-state index >= 15 is 0 Å². The van der Waals surface area contributed by atoms with Gasteiger partial charge >= 0.3 is 5.97 Å². The van der Waals surface area contributed by atoms with Crippen LogP contribution in [0.15, 0.2) is 34.3 Å². The van der Waals surface area contributed by atoms with Gasteiger partial charge in [0.2, 0.25) is 17.2 Å². The van der Waals surface area contributed by atoms with Crippen LogP contribution in [0.2, 0.25) is 0 Å². The average molecular weight is 509 g/mol. The normalized spacial score (nSPS) is 16.1. The number of ether oxygens (including phenoxy) is 1. The van der Waals surface area contributed by atoms with E-state index < -0.39 is 29.6 Å². The van der Waals surface area contributed by atoms with Crippen molar-refractivity contribution in [2.24, 2.45) is 10.8 Å². The van der Waals surface area contributed by atoms with Gasteiger partial charge in [-0.2, -0.15) is 5.10 Å². The van der Waals surface area contributed by atoms with Crippen LogP contribution in [0.4, 0.5) is 0 Å². The molecule has 0 bridgehead atoms. The molecule has 0 aliphatic heterocycles. The molecule has 0 saturated heterocycles. The Bertz CT molecular complexity index is 1510. The van der Waals surface area contributed by atoms with Crippen LogP contribution < -0.4 is 21.3 Å². The molecule has 0 atom stereocenters. The highest BCUT2D eigenvalue weighted by Crippen LogP contribution is 2.45. The molecule has 0 unspecified atom stereocenters. The quantitative estimate of drug-likeness (QED) is 0.329. The van der Waals surface area contributed by atoms with Gasteiger partial charge in [-0.05, 0) is 50.3 Å². The standard InChI is InChI=1S/C25H24N4O6S/c1-35-24-13(7-8-14-22(24)29(12-5-6-12)11-16(23(14)32)25(33)34)19-9-15-17(3-2-4-18(15)36-19)27-28-21(31)10-20(26)30/h7-9,11-12H,2-6,10H2,1H3,(H2,26,30)(H,28,31)(H,33,34)/b27-17-. The number of hydrazone groups is 1. The number of benzene rings is 1. The molecule has 11 heteroatoms. The van der Waals surface area contributed by atoms with Crippen molar-refractivity contribution in [3.63, 3.8) is 0 Å². The fraction of sp³-hybridized carbons (Fsp3) is 0.320. The molecule has 4 N–H and O–H groups in total. The van der Waals surface area contributed by atoms with Gasteiger partial charge in [-0.25, -0.2) is 10.2 Å². The van der Waals surface area contributed by atoms with Crippen LogP contribution in [0, 0.1) is 0 Å². The topological polar surface area (TPSA) is 153 Å². The van der Waals surface area contributed by atoms with Crippen LogP contribution in [0.5, 0.6) is 5.75 Å². The highest BCUT2D eigenvalue weighted by atomic mass is 32.1. The minimum atomic E-state index is -1.25. The number of carboxylic acid groups (broad SMARTS) is 1. The molecular formula is C25H24N4O6S. The molecule has 0 spiro atoms. The number of rotatable bonds is 7. The summed E-state index contributed by atoms with van der Waals surface area (Å²) < 4.78 is 7.69. The van der Waals surface area contributed by atoms with Gasteiger partial charge in [0, 0.05) is 33.1 Å². The van der Waals surface area contributed by atoms with Crippen molar-refractivity contribution in [3.8, 4) is 16.2 Å². The summed E-state index contributed by atoms with van der Waals surface area (Å²) in [5.74, 6) is -2.02. The SMILES string of the molecule is COc1c(-c2cc3c(s2)CCC/C3=N/NC(=O)CC(N)=O)ccc2c(=O)c(C(=O)O)cn(C3CC3)c12. The molecule has 36 heavy (non-hydrogen) atoms. The number of pyridine rings is 1. The number of fused-ring (bicyclic) bond motifs is 2. The van der Waals surface area contributed by atoms with Crippen LogP contribution in [-0.4, -0.2) is 40.3 Å². The molecule has 2 amide bonds. The molecule has 2 aliphatic rings. The highest BCUT2D eigenvalue weighted by Gasteiger charge is 2.30. The molecule has 186 valence electrons. The maximum atomic E-state index is 13.0. The zero-order chi connectivity index (χ0) is 25.6. The minimum absolute atomic E-state index is 0.120. The van der Waals surface area contributed by atoms with E-state index in [1.165, 1.54) is 6.20 Å². The average Bonchev–Trinajstić information content (AvgIpc) is 3.59. The van der Waals surface area contributed by atoms with Crippen molar-refractivity contribution >= 4 is 45.7 Å². The summed E-state index contributed by atoms with van der Waals surface area (Å²) in [4.78, 5) is 49.5. The molecule has 3 aromatic rings. The number of aromatic carboxylic acids is 1. The number of carbonyl (C=O) groups excluding carboxylic acids is 2. The summed E-state index contributed by atoms with van der Waals surface area (Å²) >= 11 is 1.59. The van der Waals surface area contributed by atoms with Crippen LogP contribution in [0.25, 0.3) is 21.3 Å². The summed E-state index contributed by atoms with van der Waals surface area (Å²) in [7, 11) is 1.54. The zero-order valence-corrected chi connectivity index (χ0v) is 20.3. The monoisotopic (exact) mass is 508 g/mol. The summed E-state index contributed by atoms with van der Waals surface area (Å²) in [6, 6.07) is 5.56. The van der Waals surface area contributed by atoms with Gasteiger partial charge in [-0.3, -0.25) is 14.4 Å². The fourth-order valence-electron chi connectivity index (χ4n) is 4.60. The van der Waals surface area contributed by atoms with Gasteiger partial charge in [0.25, 0.3) is 0 Å². The lowest BCUT2D eigenvalue weighted by Crippen LogP contribution is -2.26. The Labute approximate surface area is 209 Å². The van der Waals surface area contributed by atoms with E-state index in [1.807, 2.05) is 10.6 Å². The van der Waals surface area contributed by atoms with Crippen LogP contribution >= 0.6 is 11.3 Å². The second-order valence-corrected chi connectivity index (χ2v) is 10.0. The molecular weight excluding hydrogens is 484 g/mol. The maximum Gasteiger partial charge on any atom is 0.341 e. The van der Waals surface area contributed by atoms with Crippen LogP contribution in [0.1, 0.15) is 58.9 Å². The van der Waals surface area contributed by atoms with Crippen LogP contribution in [0.3, 0.4) is 0 Å². The largest absolute Gasteiger partial charge is 0.494 e. The van der Waals surface area contributed by atoms with Crippen molar-refractivity contribution in [2.45, 2.75) is 44.6 Å². The number of thiophene rings is 1. The molecule has 5 rings (SSSR count). The third kappa shape index (κ3) is 4.26. The van der Waals surface area contributed by atoms with E-state index in [1.54, 1.807) is 30.6 Å². The van der Waals surface area contributed by atoms with Gasteiger partial charge in [0.15, 0.2) is 5.75 Å². The number of aryl methyl sites for hydroxylation is 1. The molecule has 2 heterocycles. The first-order chi connectivity index (χ1) is 17.3. The van der Waals surface area contributed by atoms with Crippen molar-refractivity contribution < 1.29 is 24.2 Å². The van der Waals surface area contributed by atoms with Gasteiger partial charge < -0.3 is 20.1 Å². The van der Waals surface area contributed by atoms with E-state index in [2.05, 4.69) is 10.5 Å². The number of hydrogen-bond acceptors (Lipinski definition) is 7. The number of nitrogens with two attached hydrogens (primary N) is 1. The Kier molecular flexibility index (Phi) is 6.09. The van der Waals surface area contributed by atoms with Gasteiger partial charge in [0.05, 0.1) is 23.7 Å². The van der Waals surface area contributed by atoms with E-state index in [9.17, 15) is 24.3 Å². The third-order valence-electron chi connectivity index (χ3n) is 6.38. The number of carbonyl (C=O) groups is 3. The molecule has 1 aromatic carbocycles. The smallest absolute Gasteiger partial charge is 0.341 e. The Morgan fingerprint density at radius 3 is 2.69 bits per heavy atom. The van der Waals surface area contributed by atoms with Crippen LogP contribution in [-0.2, 0) is 16.0 Å². The third-order valence-corrected chi connectivity index (χ3v) is 7.60. The van der Waals surface area contributed by atoms with E-state index in [0.29, 0.717) is 23.1 Å². The number of primary amides is 1. The predicted molar refractivity (Wildman–Crippen MR) is 135 cm³/mol. The second-order valence-electron chi connectivity index (χ2n) is 8.90. The number of amides is 2. The van der Waals surface area contributed by atoms with Gasteiger partial charge in [0.1, 0.15) is 12.0 Å². The second kappa shape index (κ2) is 9.23.